The first-order valence-electron chi connectivity index (χ1n) is 5.97. The molecule has 1 aliphatic heterocycles. The van der Waals surface area contributed by atoms with Gasteiger partial charge >= 0.3 is 0 Å². The Labute approximate surface area is 103 Å². The monoisotopic (exact) mass is 235 g/mol. The maximum atomic E-state index is 5.48. The molecule has 1 aliphatic rings. The Morgan fingerprint density at radius 1 is 1.29 bits per heavy atom. The van der Waals surface area contributed by atoms with Gasteiger partial charge < -0.3 is 14.8 Å². The van der Waals surface area contributed by atoms with Gasteiger partial charge in [0.15, 0.2) is 0 Å². The average Bonchev–Trinajstić information content (AvgIpc) is 2.28. The number of likely N-dealkylation sites (N-methyl/N-ethyl adjacent to an activating group) is 1. The van der Waals surface area contributed by atoms with Gasteiger partial charge in [-0.3, -0.25) is 0 Å². The Hall–Kier alpha value is -1.06. The van der Waals surface area contributed by atoms with Crippen LogP contribution in [0, 0.1) is 0 Å². The lowest BCUT2D eigenvalue weighted by atomic mass is 9.65. The van der Waals surface area contributed by atoms with Crippen molar-refractivity contribution in [3.63, 3.8) is 0 Å². The third-order valence-electron chi connectivity index (χ3n) is 4.14. The van der Waals surface area contributed by atoms with E-state index in [1.165, 1.54) is 5.56 Å². The van der Waals surface area contributed by atoms with Crippen molar-refractivity contribution in [1.29, 1.82) is 0 Å². The van der Waals surface area contributed by atoms with Gasteiger partial charge in [-0.1, -0.05) is 18.2 Å². The van der Waals surface area contributed by atoms with Gasteiger partial charge in [0, 0.05) is 11.1 Å². The van der Waals surface area contributed by atoms with E-state index in [1.807, 2.05) is 19.2 Å². The molecule has 0 aliphatic carbocycles. The molecule has 3 nitrogen and oxygen atoms in total. The third kappa shape index (κ3) is 1.74. The molecule has 0 bridgehead atoms. The second-order valence-electron chi connectivity index (χ2n) is 5.15. The molecule has 1 N–H and O–H groups in total. The zero-order chi connectivity index (χ0) is 12.5. The van der Waals surface area contributed by atoms with Gasteiger partial charge in [-0.25, -0.2) is 0 Å². The van der Waals surface area contributed by atoms with Gasteiger partial charge in [-0.15, -0.1) is 0 Å². The fourth-order valence-electron chi connectivity index (χ4n) is 2.44. The number of hydrogen-bond acceptors (Lipinski definition) is 3. The third-order valence-corrected chi connectivity index (χ3v) is 4.14. The minimum atomic E-state index is -0.0279. The second kappa shape index (κ2) is 4.31. The molecule has 0 unspecified atom stereocenters. The number of nitrogens with one attached hydrogen (secondary N) is 1. The first-order chi connectivity index (χ1) is 8.07. The van der Waals surface area contributed by atoms with Crippen LogP contribution < -0.4 is 10.1 Å². The van der Waals surface area contributed by atoms with Crippen molar-refractivity contribution in [2.75, 3.05) is 27.4 Å². The Morgan fingerprint density at radius 2 is 1.94 bits per heavy atom. The Balaban J connectivity index is 2.48. The molecule has 0 saturated carbocycles. The van der Waals surface area contributed by atoms with Crippen LogP contribution in [0.25, 0.3) is 0 Å². The maximum Gasteiger partial charge on any atom is 0.122 e. The molecule has 17 heavy (non-hydrogen) atoms. The number of ether oxygens (including phenoxy) is 2. The quantitative estimate of drug-likeness (QED) is 0.865. The molecule has 1 heterocycles. The topological polar surface area (TPSA) is 30.5 Å². The van der Waals surface area contributed by atoms with Crippen molar-refractivity contribution in [1.82, 2.24) is 5.32 Å². The molecular formula is C14H21NO2. The summed E-state index contributed by atoms with van der Waals surface area (Å²) in [5.74, 6) is 0.944. The van der Waals surface area contributed by atoms with E-state index in [-0.39, 0.29) is 11.0 Å². The number of methoxy groups -OCH3 is 1. The van der Waals surface area contributed by atoms with Crippen molar-refractivity contribution < 1.29 is 9.47 Å². The Bertz CT molecular complexity index is 397. The molecule has 1 aromatic carbocycles. The van der Waals surface area contributed by atoms with Gasteiger partial charge in [0.25, 0.3) is 0 Å². The molecule has 0 aromatic heterocycles. The zero-order valence-electron chi connectivity index (χ0n) is 11.0. The van der Waals surface area contributed by atoms with E-state index in [4.69, 9.17) is 9.47 Å². The molecule has 0 amide bonds. The van der Waals surface area contributed by atoms with Crippen LogP contribution in [-0.2, 0) is 10.2 Å². The van der Waals surface area contributed by atoms with Crippen molar-refractivity contribution >= 4 is 0 Å². The molecule has 0 radical (unpaired) electrons. The molecule has 1 fully saturated rings. The number of benzene rings is 1. The highest BCUT2D eigenvalue weighted by Gasteiger charge is 2.52. The molecular weight excluding hydrogens is 214 g/mol. The minimum absolute atomic E-state index is 0.00560. The summed E-state index contributed by atoms with van der Waals surface area (Å²) >= 11 is 0. The molecule has 1 aromatic rings. The van der Waals surface area contributed by atoms with E-state index >= 15 is 0 Å². The highest BCUT2D eigenvalue weighted by Crippen LogP contribution is 2.45. The van der Waals surface area contributed by atoms with Crippen LogP contribution in [0.2, 0.25) is 0 Å². The van der Waals surface area contributed by atoms with Crippen molar-refractivity contribution in [2.45, 2.75) is 24.8 Å². The lowest BCUT2D eigenvalue weighted by Crippen LogP contribution is -2.65. The van der Waals surface area contributed by atoms with Crippen LogP contribution in [0.4, 0.5) is 0 Å². The van der Waals surface area contributed by atoms with E-state index in [9.17, 15) is 0 Å². The van der Waals surface area contributed by atoms with E-state index in [0.717, 1.165) is 19.0 Å². The van der Waals surface area contributed by atoms with E-state index in [0.29, 0.717) is 0 Å². The summed E-state index contributed by atoms with van der Waals surface area (Å²) in [6, 6.07) is 8.22. The largest absolute Gasteiger partial charge is 0.496 e. The number of para-hydroxylation sites is 1. The van der Waals surface area contributed by atoms with Crippen LogP contribution in [0.5, 0.6) is 5.75 Å². The highest BCUT2D eigenvalue weighted by molar-refractivity contribution is 5.44. The van der Waals surface area contributed by atoms with E-state index in [2.05, 4.69) is 31.3 Å². The van der Waals surface area contributed by atoms with Crippen LogP contribution >= 0.6 is 0 Å². The smallest absolute Gasteiger partial charge is 0.122 e. The van der Waals surface area contributed by atoms with E-state index < -0.39 is 0 Å². The predicted molar refractivity (Wildman–Crippen MR) is 68.6 cm³/mol. The second-order valence-corrected chi connectivity index (χ2v) is 5.15. The Morgan fingerprint density at radius 3 is 2.41 bits per heavy atom. The highest BCUT2D eigenvalue weighted by atomic mass is 16.5. The molecule has 0 atom stereocenters. The molecule has 3 heteroatoms. The van der Waals surface area contributed by atoms with Gasteiger partial charge in [0.1, 0.15) is 5.75 Å². The van der Waals surface area contributed by atoms with Crippen LogP contribution in [0.1, 0.15) is 19.4 Å². The predicted octanol–water partition coefficient (Wildman–Crippen LogP) is 1.96. The van der Waals surface area contributed by atoms with Gasteiger partial charge in [0.05, 0.1) is 25.7 Å². The first-order valence-corrected chi connectivity index (χ1v) is 5.97. The summed E-state index contributed by atoms with van der Waals surface area (Å²) in [7, 11) is 3.72. The number of hydrogen-bond donors (Lipinski definition) is 1. The van der Waals surface area contributed by atoms with Crippen LogP contribution in [0.3, 0.4) is 0 Å². The van der Waals surface area contributed by atoms with Crippen molar-refractivity contribution in [2.24, 2.45) is 0 Å². The van der Waals surface area contributed by atoms with Gasteiger partial charge in [0.2, 0.25) is 0 Å². The lowest BCUT2D eigenvalue weighted by molar-refractivity contribution is -0.0999. The minimum Gasteiger partial charge on any atom is -0.496 e. The molecule has 94 valence electrons. The summed E-state index contributed by atoms with van der Waals surface area (Å²) in [6.45, 7) is 5.90. The van der Waals surface area contributed by atoms with Gasteiger partial charge in [-0.05, 0) is 27.0 Å². The van der Waals surface area contributed by atoms with Crippen molar-refractivity contribution in [3.8, 4) is 5.75 Å². The molecule has 2 rings (SSSR count). The normalized spacial score (nSPS) is 18.6. The zero-order valence-corrected chi connectivity index (χ0v) is 11.0. The summed E-state index contributed by atoms with van der Waals surface area (Å²) in [6.07, 6.45) is 0. The maximum absolute atomic E-state index is 5.48. The summed E-state index contributed by atoms with van der Waals surface area (Å²) < 4.78 is 11.0. The number of rotatable bonds is 4. The fraction of sp³-hybridized carbons (Fsp3) is 0.571. The average molecular weight is 235 g/mol. The first kappa shape index (κ1) is 12.4. The molecule has 0 spiro atoms. The SMILES string of the molecule is CNC(C)(C)C1(c2ccccc2OC)COC1. The van der Waals surface area contributed by atoms with Crippen molar-refractivity contribution in [3.05, 3.63) is 29.8 Å². The van der Waals surface area contributed by atoms with Crippen LogP contribution in [0.15, 0.2) is 24.3 Å². The lowest BCUT2D eigenvalue weighted by Gasteiger charge is -2.53. The standard InChI is InChI=1S/C14H21NO2/c1-13(2,15-3)14(9-17-10-14)11-7-5-6-8-12(11)16-4/h5-8,15H,9-10H2,1-4H3. The summed E-state index contributed by atoms with van der Waals surface area (Å²) in [5.41, 5.74) is 1.20. The Kier molecular flexibility index (Phi) is 3.15. The summed E-state index contributed by atoms with van der Waals surface area (Å²) in [4.78, 5) is 0. The molecule has 1 saturated heterocycles. The van der Waals surface area contributed by atoms with Crippen LogP contribution in [-0.4, -0.2) is 32.9 Å². The van der Waals surface area contributed by atoms with E-state index in [1.54, 1.807) is 7.11 Å². The summed E-state index contributed by atoms with van der Waals surface area (Å²) in [5, 5.41) is 3.40. The van der Waals surface area contributed by atoms with Gasteiger partial charge in [-0.2, -0.15) is 0 Å². The fourth-order valence-corrected chi connectivity index (χ4v) is 2.44.